The molecule has 2 unspecified atom stereocenters. The van der Waals surface area contributed by atoms with E-state index in [1.54, 1.807) is 12.4 Å². The van der Waals surface area contributed by atoms with E-state index in [1.165, 1.54) is 11.1 Å². The lowest BCUT2D eigenvalue weighted by molar-refractivity contribution is -0.139. The highest BCUT2D eigenvalue weighted by Crippen LogP contribution is 2.43. The van der Waals surface area contributed by atoms with Crippen molar-refractivity contribution in [2.24, 2.45) is 11.3 Å². The Balaban J connectivity index is 0.00000194. The van der Waals surface area contributed by atoms with E-state index in [4.69, 9.17) is 0 Å². The van der Waals surface area contributed by atoms with Gasteiger partial charge in [0.25, 0.3) is 5.91 Å². The molecular formula is C32H37BrCl2N4O2. The van der Waals surface area contributed by atoms with Crippen molar-refractivity contribution in [3.05, 3.63) is 100 Å². The van der Waals surface area contributed by atoms with Gasteiger partial charge in [-0.2, -0.15) is 0 Å². The first kappa shape index (κ1) is 31.5. The van der Waals surface area contributed by atoms with Crippen LogP contribution in [0.1, 0.15) is 46.7 Å². The molecule has 3 fully saturated rings. The van der Waals surface area contributed by atoms with Gasteiger partial charge in [-0.05, 0) is 73.7 Å². The van der Waals surface area contributed by atoms with Gasteiger partial charge in [0, 0.05) is 55.5 Å². The largest absolute Gasteiger partial charge is 0.338 e. The fourth-order valence-electron chi connectivity index (χ4n) is 6.78. The monoisotopic (exact) mass is 658 g/mol. The molecule has 0 radical (unpaired) electrons. The third kappa shape index (κ3) is 6.80. The molecule has 3 aromatic rings. The highest BCUT2D eigenvalue weighted by atomic mass is 79.9. The molecule has 2 amide bonds. The normalized spacial score (nSPS) is 21.9. The number of carbonyl (C=O) groups excluding carboxylic acids is 2. The summed E-state index contributed by atoms with van der Waals surface area (Å²) in [6, 6.07) is 22.6. The van der Waals surface area contributed by atoms with Crippen LogP contribution in [0, 0.1) is 11.3 Å². The van der Waals surface area contributed by atoms with E-state index in [0.717, 1.165) is 63.0 Å². The van der Waals surface area contributed by atoms with Gasteiger partial charge < -0.3 is 14.7 Å². The van der Waals surface area contributed by atoms with Crippen LogP contribution in [-0.4, -0.2) is 70.8 Å². The minimum atomic E-state index is -0.206. The van der Waals surface area contributed by atoms with E-state index in [0.29, 0.717) is 29.9 Å². The number of benzene rings is 2. The Morgan fingerprint density at radius 2 is 1.61 bits per heavy atom. The molecule has 0 bridgehead atoms. The van der Waals surface area contributed by atoms with E-state index in [9.17, 15) is 9.59 Å². The SMILES string of the molecule is Cl.Cl.O=C(c1cccnc1)N1CC(CN2CCC3(CC2)CCN(Cc2ccc(Br)cc2)C3=O)C(c2ccccc2)C1. The summed E-state index contributed by atoms with van der Waals surface area (Å²) in [5.41, 5.74) is 2.92. The van der Waals surface area contributed by atoms with Crippen molar-refractivity contribution in [2.75, 3.05) is 39.3 Å². The van der Waals surface area contributed by atoms with Crippen molar-refractivity contribution in [3.63, 3.8) is 0 Å². The van der Waals surface area contributed by atoms with Gasteiger partial charge in [-0.15, -0.1) is 24.8 Å². The van der Waals surface area contributed by atoms with Crippen LogP contribution in [0.25, 0.3) is 0 Å². The van der Waals surface area contributed by atoms with Gasteiger partial charge in [0.2, 0.25) is 5.91 Å². The van der Waals surface area contributed by atoms with Crippen LogP contribution >= 0.6 is 40.7 Å². The van der Waals surface area contributed by atoms with Gasteiger partial charge >= 0.3 is 0 Å². The number of hydrogen-bond donors (Lipinski definition) is 0. The number of rotatable bonds is 6. The van der Waals surface area contributed by atoms with E-state index in [2.05, 4.69) is 73.2 Å². The van der Waals surface area contributed by atoms with Crippen molar-refractivity contribution in [1.29, 1.82) is 0 Å². The molecule has 41 heavy (non-hydrogen) atoms. The molecule has 1 spiro atoms. The second-order valence-corrected chi connectivity index (χ2v) is 12.3. The molecule has 9 heteroatoms. The topological polar surface area (TPSA) is 56.8 Å². The number of carbonyl (C=O) groups is 2. The van der Waals surface area contributed by atoms with Crippen molar-refractivity contribution in [2.45, 2.75) is 31.7 Å². The number of halogens is 3. The zero-order valence-electron chi connectivity index (χ0n) is 23.0. The average molecular weight is 660 g/mol. The van der Waals surface area contributed by atoms with E-state index in [1.807, 2.05) is 29.2 Å². The lowest BCUT2D eigenvalue weighted by Gasteiger charge is -2.39. The molecule has 0 saturated carbocycles. The number of likely N-dealkylation sites (tertiary alicyclic amines) is 3. The zero-order chi connectivity index (χ0) is 26.8. The molecule has 6 rings (SSSR count). The van der Waals surface area contributed by atoms with Crippen LogP contribution in [0.3, 0.4) is 0 Å². The molecule has 0 aliphatic carbocycles. The summed E-state index contributed by atoms with van der Waals surface area (Å²) in [5, 5.41) is 0. The molecule has 2 aromatic carbocycles. The lowest BCUT2D eigenvalue weighted by Crippen LogP contribution is -2.46. The molecule has 2 atom stereocenters. The van der Waals surface area contributed by atoms with Gasteiger partial charge in [0.15, 0.2) is 0 Å². The van der Waals surface area contributed by atoms with Crippen LogP contribution in [0.15, 0.2) is 83.6 Å². The summed E-state index contributed by atoms with van der Waals surface area (Å²) < 4.78 is 1.06. The van der Waals surface area contributed by atoms with E-state index in [-0.39, 0.29) is 36.1 Å². The van der Waals surface area contributed by atoms with E-state index >= 15 is 0 Å². The minimum absolute atomic E-state index is 0. The molecule has 1 aromatic heterocycles. The fourth-order valence-corrected chi connectivity index (χ4v) is 7.05. The lowest BCUT2D eigenvalue weighted by atomic mass is 9.76. The van der Waals surface area contributed by atoms with Gasteiger partial charge in [-0.25, -0.2) is 0 Å². The maximum atomic E-state index is 13.5. The van der Waals surface area contributed by atoms with Crippen LogP contribution in [0.5, 0.6) is 0 Å². The third-order valence-corrected chi connectivity index (χ3v) is 9.59. The van der Waals surface area contributed by atoms with Gasteiger partial charge in [-0.3, -0.25) is 14.6 Å². The predicted molar refractivity (Wildman–Crippen MR) is 170 cm³/mol. The summed E-state index contributed by atoms with van der Waals surface area (Å²) in [6.07, 6.45) is 6.16. The first-order valence-corrected chi connectivity index (χ1v) is 14.8. The first-order valence-electron chi connectivity index (χ1n) is 14.0. The fraction of sp³-hybridized carbons (Fsp3) is 0.406. The molecule has 3 aliphatic heterocycles. The van der Waals surface area contributed by atoms with Crippen LogP contribution in [-0.2, 0) is 11.3 Å². The highest BCUT2D eigenvalue weighted by molar-refractivity contribution is 9.10. The average Bonchev–Trinajstić information content (AvgIpc) is 3.53. The number of hydrogen-bond acceptors (Lipinski definition) is 4. The van der Waals surface area contributed by atoms with Crippen LogP contribution in [0.2, 0.25) is 0 Å². The third-order valence-electron chi connectivity index (χ3n) is 9.06. The number of pyridine rings is 1. The van der Waals surface area contributed by atoms with Gasteiger partial charge in [-0.1, -0.05) is 58.4 Å². The van der Waals surface area contributed by atoms with Crippen molar-refractivity contribution in [3.8, 4) is 0 Å². The molecule has 218 valence electrons. The summed E-state index contributed by atoms with van der Waals surface area (Å²) in [7, 11) is 0. The quantitative estimate of drug-likeness (QED) is 0.323. The first-order chi connectivity index (χ1) is 19.0. The molecule has 3 aliphatic rings. The standard InChI is InChI=1S/C32H35BrN4O2.2ClH/c33-28-10-8-24(9-11-28)20-36-18-14-32(31(36)39)12-16-35(17-13-32)21-27-22-37(30(38)26-7-4-15-34-19-26)23-29(27)25-5-2-1-3-6-25;;/h1-11,15,19,27,29H,12-14,16-18,20-23H2;2*1H. The van der Waals surface area contributed by atoms with E-state index < -0.39 is 0 Å². The smallest absolute Gasteiger partial charge is 0.255 e. The molecule has 4 heterocycles. The number of piperidine rings is 1. The Bertz CT molecular complexity index is 1300. The Labute approximate surface area is 263 Å². The van der Waals surface area contributed by atoms with Crippen molar-refractivity contribution in [1.82, 2.24) is 19.7 Å². The van der Waals surface area contributed by atoms with Crippen LogP contribution < -0.4 is 0 Å². The summed E-state index contributed by atoms with van der Waals surface area (Å²) in [4.78, 5) is 37.6. The Morgan fingerprint density at radius 3 is 2.29 bits per heavy atom. The van der Waals surface area contributed by atoms with Gasteiger partial charge in [0.05, 0.1) is 11.0 Å². The number of amides is 2. The Kier molecular flexibility index (Phi) is 10.5. The second kappa shape index (κ2) is 13.7. The van der Waals surface area contributed by atoms with Crippen molar-refractivity contribution < 1.29 is 9.59 Å². The zero-order valence-corrected chi connectivity index (χ0v) is 26.3. The molecule has 3 saturated heterocycles. The maximum absolute atomic E-state index is 13.5. The Hall–Kier alpha value is -2.45. The summed E-state index contributed by atoms with van der Waals surface area (Å²) in [6.45, 7) is 5.83. The molecule has 0 N–H and O–H groups in total. The number of aromatic nitrogens is 1. The van der Waals surface area contributed by atoms with Crippen molar-refractivity contribution >= 4 is 52.6 Å². The Morgan fingerprint density at radius 1 is 0.902 bits per heavy atom. The number of nitrogens with zero attached hydrogens (tertiary/aromatic N) is 4. The highest BCUT2D eigenvalue weighted by Gasteiger charge is 2.48. The summed E-state index contributed by atoms with van der Waals surface area (Å²) in [5.74, 6) is 1.06. The molecular weight excluding hydrogens is 623 g/mol. The minimum Gasteiger partial charge on any atom is -0.338 e. The second-order valence-electron chi connectivity index (χ2n) is 11.4. The summed E-state index contributed by atoms with van der Waals surface area (Å²) >= 11 is 3.49. The predicted octanol–water partition coefficient (Wildman–Crippen LogP) is 6.06. The molecule has 6 nitrogen and oxygen atoms in total. The van der Waals surface area contributed by atoms with Gasteiger partial charge in [0.1, 0.15) is 0 Å². The van der Waals surface area contributed by atoms with Crippen LogP contribution in [0.4, 0.5) is 0 Å². The maximum Gasteiger partial charge on any atom is 0.255 e.